The topological polar surface area (TPSA) is 26.0 Å². The largest absolute Gasteiger partial charge is 0.330 e. The van der Waals surface area contributed by atoms with Crippen LogP contribution < -0.4 is 5.73 Å². The van der Waals surface area contributed by atoms with Gasteiger partial charge in [0.15, 0.2) is 0 Å². The van der Waals surface area contributed by atoms with Crippen molar-refractivity contribution in [3.8, 4) is 0 Å². The van der Waals surface area contributed by atoms with Crippen molar-refractivity contribution in [3.63, 3.8) is 0 Å². The van der Waals surface area contributed by atoms with Gasteiger partial charge in [0.1, 0.15) is 0 Å². The third-order valence-electron chi connectivity index (χ3n) is 2.99. The van der Waals surface area contributed by atoms with Crippen molar-refractivity contribution in [2.45, 2.75) is 32.6 Å². The van der Waals surface area contributed by atoms with Crippen molar-refractivity contribution < 1.29 is 0 Å². The van der Waals surface area contributed by atoms with E-state index >= 15 is 0 Å². The van der Waals surface area contributed by atoms with Gasteiger partial charge in [-0.1, -0.05) is 48.3 Å². The molecule has 1 aromatic carbocycles. The molecule has 0 aliphatic rings. The second-order valence-electron chi connectivity index (χ2n) is 4.24. The summed E-state index contributed by atoms with van der Waals surface area (Å²) in [6.45, 7) is 5.26. The first-order chi connectivity index (χ1) is 7.17. The number of halogens is 1. The lowest BCUT2D eigenvalue weighted by Crippen LogP contribution is -2.15. The lowest BCUT2D eigenvalue weighted by atomic mass is 9.88. The lowest BCUT2D eigenvalue weighted by Gasteiger charge is -2.19. The van der Waals surface area contributed by atoms with Crippen molar-refractivity contribution >= 4 is 15.9 Å². The Morgan fingerprint density at radius 1 is 1.40 bits per heavy atom. The molecule has 1 rings (SSSR count). The van der Waals surface area contributed by atoms with Gasteiger partial charge in [0.2, 0.25) is 0 Å². The first kappa shape index (κ1) is 12.7. The molecule has 0 spiro atoms. The van der Waals surface area contributed by atoms with Gasteiger partial charge >= 0.3 is 0 Å². The highest BCUT2D eigenvalue weighted by molar-refractivity contribution is 9.10. The predicted molar refractivity (Wildman–Crippen MR) is 70.0 cm³/mol. The summed E-state index contributed by atoms with van der Waals surface area (Å²) in [6, 6.07) is 8.49. The van der Waals surface area contributed by atoms with Gasteiger partial charge in [-0.2, -0.15) is 0 Å². The number of nitrogens with two attached hydrogens (primary N) is 1. The Morgan fingerprint density at radius 2 is 2.13 bits per heavy atom. The Hall–Kier alpha value is -0.340. The maximum atomic E-state index is 5.84. The molecule has 2 unspecified atom stereocenters. The van der Waals surface area contributed by atoms with E-state index in [2.05, 4.69) is 54.0 Å². The molecule has 0 saturated carbocycles. The van der Waals surface area contributed by atoms with E-state index < -0.39 is 0 Å². The summed E-state index contributed by atoms with van der Waals surface area (Å²) in [7, 11) is 0. The van der Waals surface area contributed by atoms with Gasteiger partial charge in [0.05, 0.1) is 0 Å². The first-order valence-electron chi connectivity index (χ1n) is 5.62. The second kappa shape index (κ2) is 6.29. The Labute approximate surface area is 101 Å². The van der Waals surface area contributed by atoms with Crippen LogP contribution in [0.2, 0.25) is 0 Å². The van der Waals surface area contributed by atoms with Crippen molar-refractivity contribution in [1.29, 1.82) is 0 Å². The lowest BCUT2D eigenvalue weighted by molar-refractivity contribution is 0.458. The zero-order chi connectivity index (χ0) is 11.3. The Balaban J connectivity index is 2.73. The maximum absolute atomic E-state index is 5.84. The third kappa shape index (κ3) is 3.96. The maximum Gasteiger partial charge on any atom is 0.0178 e. The molecule has 2 atom stereocenters. The van der Waals surface area contributed by atoms with Crippen LogP contribution in [0.4, 0.5) is 0 Å². The molecule has 1 nitrogen and oxygen atoms in total. The molecule has 0 fully saturated rings. The quantitative estimate of drug-likeness (QED) is 0.862. The van der Waals surface area contributed by atoms with Crippen molar-refractivity contribution in [3.05, 3.63) is 34.3 Å². The van der Waals surface area contributed by atoms with Crippen molar-refractivity contribution in [1.82, 2.24) is 0 Å². The van der Waals surface area contributed by atoms with Crippen LogP contribution in [-0.4, -0.2) is 6.54 Å². The van der Waals surface area contributed by atoms with Gasteiger partial charge < -0.3 is 5.73 Å². The number of rotatable bonds is 5. The van der Waals surface area contributed by atoms with Gasteiger partial charge in [-0.3, -0.25) is 0 Å². The summed E-state index contributed by atoms with van der Waals surface area (Å²) in [5, 5.41) is 0. The minimum absolute atomic E-state index is 0.498. The molecule has 2 heteroatoms. The van der Waals surface area contributed by atoms with E-state index in [0.717, 1.165) is 16.9 Å². The molecule has 0 aliphatic heterocycles. The summed E-state index contributed by atoms with van der Waals surface area (Å²) in [5.74, 6) is 1.25. The highest BCUT2D eigenvalue weighted by Gasteiger charge is 2.12. The van der Waals surface area contributed by atoms with E-state index in [1.54, 1.807) is 0 Å². The summed E-state index contributed by atoms with van der Waals surface area (Å²) < 4.78 is 1.14. The summed E-state index contributed by atoms with van der Waals surface area (Å²) in [5.41, 5.74) is 7.20. The highest BCUT2D eigenvalue weighted by atomic mass is 79.9. The Kier molecular flexibility index (Phi) is 5.34. The molecule has 2 N–H and O–H groups in total. The van der Waals surface area contributed by atoms with Crippen LogP contribution in [0.5, 0.6) is 0 Å². The highest BCUT2D eigenvalue weighted by Crippen LogP contribution is 2.26. The van der Waals surface area contributed by atoms with Gasteiger partial charge in [-0.05, 0) is 42.5 Å². The molecular formula is C13H20BrN. The molecule has 15 heavy (non-hydrogen) atoms. The fraction of sp³-hybridized carbons (Fsp3) is 0.538. The fourth-order valence-electron chi connectivity index (χ4n) is 1.78. The molecule has 0 radical (unpaired) electrons. The first-order valence-corrected chi connectivity index (χ1v) is 6.42. The molecule has 1 aromatic rings. The van der Waals surface area contributed by atoms with Crippen LogP contribution in [0.15, 0.2) is 28.7 Å². The van der Waals surface area contributed by atoms with Crippen LogP contribution in [0, 0.1) is 5.92 Å². The standard InChI is InChI=1S/C13H20BrN/c1-3-10(2)7-12(9-15)11-5-4-6-13(14)8-11/h4-6,8,10,12H,3,7,9,15H2,1-2H3. The van der Waals surface area contributed by atoms with Crippen molar-refractivity contribution in [2.24, 2.45) is 11.7 Å². The van der Waals surface area contributed by atoms with E-state index in [4.69, 9.17) is 5.73 Å². The summed E-state index contributed by atoms with van der Waals surface area (Å²) in [6.07, 6.45) is 2.41. The average Bonchev–Trinajstić information content (AvgIpc) is 2.25. The predicted octanol–water partition coefficient (Wildman–Crippen LogP) is 3.93. The molecule has 0 aliphatic carbocycles. The third-order valence-corrected chi connectivity index (χ3v) is 3.48. The van der Waals surface area contributed by atoms with Crippen LogP contribution in [-0.2, 0) is 0 Å². The van der Waals surface area contributed by atoms with Crippen LogP contribution in [0.25, 0.3) is 0 Å². The van der Waals surface area contributed by atoms with E-state index in [1.807, 2.05) is 0 Å². The molecule has 0 saturated heterocycles. The van der Waals surface area contributed by atoms with Crippen LogP contribution >= 0.6 is 15.9 Å². The molecule has 0 heterocycles. The van der Waals surface area contributed by atoms with Crippen LogP contribution in [0.1, 0.15) is 38.2 Å². The zero-order valence-electron chi connectivity index (χ0n) is 9.54. The van der Waals surface area contributed by atoms with Gasteiger partial charge in [-0.15, -0.1) is 0 Å². The SMILES string of the molecule is CCC(C)CC(CN)c1cccc(Br)c1. The van der Waals surface area contributed by atoms with Gasteiger partial charge in [-0.25, -0.2) is 0 Å². The van der Waals surface area contributed by atoms with Gasteiger partial charge in [0, 0.05) is 4.47 Å². The monoisotopic (exact) mass is 269 g/mol. The van der Waals surface area contributed by atoms with E-state index in [1.165, 1.54) is 18.4 Å². The van der Waals surface area contributed by atoms with Crippen LogP contribution in [0.3, 0.4) is 0 Å². The minimum Gasteiger partial charge on any atom is -0.330 e. The minimum atomic E-state index is 0.498. The summed E-state index contributed by atoms with van der Waals surface area (Å²) >= 11 is 3.50. The number of benzene rings is 1. The summed E-state index contributed by atoms with van der Waals surface area (Å²) in [4.78, 5) is 0. The van der Waals surface area contributed by atoms with E-state index in [0.29, 0.717) is 5.92 Å². The average molecular weight is 270 g/mol. The molecular weight excluding hydrogens is 250 g/mol. The van der Waals surface area contributed by atoms with E-state index in [9.17, 15) is 0 Å². The van der Waals surface area contributed by atoms with Gasteiger partial charge in [0.25, 0.3) is 0 Å². The molecule has 0 amide bonds. The number of hydrogen-bond acceptors (Lipinski definition) is 1. The molecule has 0 aromatic heterocycles. The van der Waals surface area contributed by atoms with Crippen molar-refractivity contribution in [2.75, 3.05) is 6.54 Å². The van der Waals surface area contributed by atoms with E-state index in [-0.39, 0.29) is 0 Å². The Bertz CT molecular complexity index is 298. The zero-order valence-corrected chi connectivity index (χ0v) is 11.1. The molecule has 0 bridgehead atoms. The number of hydrogen-bond donors (Lipinski definition) is 1. The smallest absolute Gasteiger partial charge is 0.0178 e. The normalized spacial score (nSPS) is 14.9. The second-order valence-corrected chi connectivity index (χ2v) is 5.15. The molecule has 84 valence electrons. The Morgan fingerprint density at radius 3 is 2.67 bits per heavy atom. The fourth-order valence-corrected chi connectivity index (χ4v) is 2.20.